The molecule has 5 nitrogen and oxygen atoms in total. The zero-order valence-electron chi connectivity index (χ0n) is 17.4. The number of carbonyl (C=O) groups is 1. The van der Waals surface area contributed by atoms with E-state index < -0.39 is 0 Å². The molecule has 0 bridgehead atoms. The number of thiophene rings is 1. The summed E-state index contributed by atoms with van der Waals surface area (Å²) in [6, 6.07) is 14.0. The maximum Gasteiger partial charge on any atom is 0.265 e. The number of aromatic nitrogens is 1. The molecule has 1 saturated carbocycles. The van der Waals surface area contributed by atoms with E-state index in [4.69, 9.17) is 4.52 Å². The van der Waals surface area contributed by atoms with E-state index in [1.54, 1.807) is 12.3 Å². The van der Waals surface area contributed by atoms with E-state index in [1.807, 2.05) is 30.3 Å². The molecule has 0 spiro atoms. The van der Waals surface area contributed by atoms with Gasteiger partial charge in [0.25, 0.3) is 5.91 Å². The second-order valence-electron chi connectivity index (χ2n) is 8.17. The van der Waals surface area contributed by atoms with Crippen LogP contribution in [-0.4, -0.2) is 17.1 Å². The molecule has 0 unspecified atom stereocenters. The normalized spacial score (nSPS) is 15.8. The quantitative estimate of drug-likeness (QED) is 0.459. The fourth-order valence-corrected chi connectivity index (χ4v) is 5.06. The molecule has 0 radical (unpaired) electrons. The topological polar surface area (TPSA) is 67.2 Å². The van der Waals surface area contributed by atoms with Crippen LogP contribution in [0.4, 0.5) is 5.69 Å². The van der Waals surface area contributed by atoms with Crippen molar-refractivity contribution >= 4 is 22.9 Å². The van der Waals surface area contributed by atoms with Crippen LogP contribution in [0.25, 0.3) is 10.6 Å². The standard InChI is InChI=1S/C24H29N3O2S/c1-17(15-18-7-3-2-4-8-18)25-16-19-9-5-6-10-20(19)27-24(28)23-12-11-22(30-23)21-13-14-26-29-21/h5-6,9-14,17-18,25H,2-4,7-8,15-16H2,1H3,(H,27,28)/t17-/m0/s1. The number of hydrogen-bond donors (Lipinski definition) is 2. The minimum Gasteiger partial charge on any atom is -0.355 e. The molecule has 30 heavy (non-hydrogen) atoms. The molecule has 2 N–H and O–H groups in total. The van der Waals surface area contributed by atoms with Crippen LogP contribution in [0, 0.1) is 5.92 Å². The molecular formula is C24H29N3O2S. The Labute approximate surface area is 181 Å². The minimum absolute atomic E-state index is 0.103. The van der Waals surface area contributed by atoms with Crippen LogP contribution < -0.4 is 10.6 Å². The first-order valence-corrected chi connectivity index (χ1v) is 11.6. The van der Waals surface area contributed by atoms with Crippen LogP contribution in [0.15, 0.2) is 53.2 Å². The number of nitrogens with zero attached hydrogens (tertiary/aromatic N) is 1. The number of hydrogen-bond acceptors (Lipinski definition) is 5. The van der Waals surface area contributed by atoms with Crippen molar-refractivity contribution in [3.05, 3.63) is 59.1 Å². The molecule has 6 heteroatoms. The fraction of sp³-hybridized carbons (Fsp3) is 0.417. The number of rotatable bonds is 8. The summed E-state index contributed by atoms with van der Waals surface area (Å²) in [5.41, 5.74) is 1.96. The third-order valence-corrected chi connectivity index (χ3v) is 6.93. The predicted octanol–water partition coefficient (Wildman–Crippen LogP) is 6.10. The third kappa shape index (κ3) is 5.37. The van der Waals surface area contributed by atoms with E-state index in [-0.39, 0.29) is 5.91 Å². The third-order valence-electron chi connectivity index (χ3n) is 5.83. The predicted molar refractivity (Wildman–Crippen MR) is 122 cm³/mol. The highest BCUT2D eigenvalue weighted by atomic mass is 32.1. The molecule has 1 aliphatic rings. The summed E-state index contributed by atoms with van der Waals surface area (Å²) in [7, 11) is 0. The van der Waals surface area contributed by atoms with Gasteiger partial charge in [-0.05, 0) is 43.0 Å². The zero-order valence-corrected chi connectivity index (χ0v) is 18.2. The van der Waals surface area contributed by atoms with Gasteiger partial charge in [-0.1, -0.05) is 55.5 Å². The fourth-order valence-electron chi connectivity index (χ4n) is 4.21. The second-order valence-corrected chi connectivity index (χ2v) is 9.26. The Morgan fingerprint density at radius 3 is 2.80 bits per heavy atom. The molecule has 1 fully saturated rings. The Hall–Kier alpha value is -2.44. The molecule has 4 rings (SSSR count). The van der Waals surface area contributed by atoms with Gasteiger partial charge in [-0.3, -0.25) is 4.79 Å². The van der Waals surface area contributed by atoms with Gasteiger partial charge in [0, 0.05) is 24.3 Å². The van der Waals surface area contributed by atoms with Crippen molar-refractivity contribution in [2.75, 3.05) is 5.32 Å². The number of anilines is 1. The average molecular weight is 424 g/mol. The Kier molecular flexibility index (Phi) is 6.97. The highest BCUT2D eigenvalue weighted by Crippen LogP contribution is 2.29. The number of para-hydroxylation sites is 1. The van der Waals surface area contributed by atoms with Crippen molar-refractivity contribution in [2.45, 2.75) is 58.0 Å². The lowest BCUT2D eigenvalue weighted by molar-refractivity contribution is 0.103. The van der Waals surface area contributed by atoms with Gasteiger partial charge in [0.15, 0.2) is 5.76 Å². The van der Waals surface area contributed by atoms with Gasteiger partial charge in [-0.25, -0.2) is 0 Å². The van der Waals surface area contributed by atoms with Crippen molar-refractivity contribution in [1.29, 1.82) is 0 Å². The Morgan fingerprint density at radius 2 is 2.00 bits per heavy atom. The van der Waals surface area contributed by atoms with Crippen LogP contribution in [0.2, 0.25) is 0 Å². The van der Waals surface area contributed by atoms with Gasteiger partial charge in [0.2, 0.25) is 0 Å². The lowest BCUT2D eigenvalue weighted by atomic mass is 9.85. The molecule has 1 amide bonds. The SMILES string of the molecule is C[C@@H](CC1CCCCC1)NCc1ccccc1NC(=O)c1ccc(-c2ccno2)s1. The van der Waals surface area contributed by atoms with E-state index in [9.17, 15) is 4.79 Å². The summed E-state index contributed by atoms with van der Waals surface area (Å²) >= 11 is 1.40. The first-order valence-electron chi connectivity index (χ1n) is 10.8. The van der Waals surface area contributed by atoms with E-state index in [2.05, 4.69) is 28.8 Å². The second kappa shape index (κ2) is 10.0. The first kappa shape index (κ1) is 20.8. The van der Waals surface area contributed by atoms with Gasteiger partial charge in [0.05, 0.1) is 16.0 Å². The number of carbonyl (C=O) groups excluding carboxylic acids is 1. The maximum absolute atomic E-state index is 12.8. The highest BCUT2D eigenvalue weighted by molar-refractivity contribution is 7.17. The van der Waals surface area contributed by atoms with E-state index >= 15 is 0 Å². The summed E-state index contributed by atoms with van der Waals surface area (Å²) in [6.45, 7) is 3.02. The lowest BCUT2D eigenvalue weighted by Gasteiger charge is -2.25. The molecule has 3 aromatic rings. The van der Waals surface area contributed by atoms with Gasteiger partial charge < -0.3 is 15.2 Å². The molecule has 1 aliphatic carbocycles. The minimum atomic E-state index is -0.103. The molecule has 2 aromatic heterocycles. The molecule has 1 aromatic carbocycles. The van der Waals surface area contributed by atoms with Crippen LogP contribution >= 0.6 is 11.3 Å². The molecule has 1 atom stereocenters. The van der Waals surface area contributed by atoms with Crippen molar-refractivity contribution in [3.8, 4) is 10.6 Å². The van der Waals surface area contributed by atoms with Crippen LogP contribution in [0.5, 0.6) is 0 Å². The summed E-state index contributed by atoms with van der Waals surface area (Å²) in [5, 5.41) is 10.5. The van der Waals surface area contributed by atoms with Gasteiger partial charge in [-0.15, -0.1) is 11.3 Å². The molecule has 158 valence electrons. The molecule has 2 heterocycles. The smallest absolute Gasteiger partial charge is 0.265 e. The van der Waals surface area contributed by atoms with Crippen molar-refractivity contribution in [3.63, 3.8) is 0 Å². The molecule has 0 saturated heterocycles. The Balaban J connectivity index is 1.35. The van der Waals surface area contributed by atoms with E-state index in [0.29, 0.717) is 16.7 Å². The highest BCUT2D eigenvalue weighted by Gasteiger charge is 2.17. The van der Waals surface area contributed by atoms with E-state index in [1.165, 1.54) is 49.9 Å². The first-order chi connectivity index (χ1) is 14.7. The van der Waals surface area contributed by atoms with Gasteiger partial charge >= 0.3 is 0 Å². The van der Waals surface area contributed by atoms with Crippen LogP contribution in [0.3, 0.4) is 0 Å². The van der Waals surface area contributed by atoms with Crippen molar-refractivity contribution in [2.24, 2.45) is 5.92 Å². The lowest BCUT2D eigenvalue weighted by Crippen LogP contribution is -2.29. The number of amides is 1. The summed E-state index contributed by atoms with van der Waals surface area (Å²) in [6.07, 6.45) is 9.74. The van der Waals surface area contributed by atoms with Crippen molar-refractivity contribution < 1.29 is 9.32 Å². The van der Waals surface area contributed by atoms with Gasteiger partial charge in [-0.2, -0.15) is 0 Å². The van der Waals surface area contributed by atoms with Crippen LogP contribution in [0.1, 0.15) is 60.7 Å². The summed E-state index contributed by atoms with van der Waals surface area (Å²) in [5.74, 6) is 1.43. The monoisotopic (exact) mass is 423 g/mol. The summed E-state index contributed by atoms with van der Waals surface area (Å²) in [4.78, 5) is 14.3. The average Bonchev–Trinajstić information content (AvgIpc) is 3.46. The largest absolute Gasteiger partial charge is 0.355 e. The maximum atomic E-state index is 12.8. The number of benzene rings is 1. The number of nitrogens with one attached hydrogen (secondary N) is 2. The summed E-state index contributed by atoms with van der Waals surface area (Å²) < 4.78 is 5.18. The van der Waals surface area contributed by atoms with E-state index in [0.717, 1.165) is 28.6 Å². The Morgan fingerprint density at radius 1 is 1.17 bits per heavy atom. The van der Waals surface area contributed by atoms with Crippen LogP contribution in [-0.2, 0) is 6.54 Å². The molecule has 0 aliphatic heterocycles. The van der Waals surface area contributed by atoms with Crippen molar-refractivity contribution in [1.82, 2.24) is 10.5 Å². The van der Waals surface area contributed by atoms with Gasteiger partial charge in [0.1, 0.15) is 0 Å². The Bertz CT molecular complexity index is 945. The zero-order chi connectivity index (χ0) is 20.8. The molecular weight excluding hydrogens is 394 g/mol.